The molecule has 2 heteroatoms. The van der Waals surface area contributed by atoms with Gasteiger partial charge in [0.05, 0.1) is 16.4 Å². The molecule has 6 aromatic rings. The van der Waals surface area contributed by atoms with E-state index in [1.807, 2.05) is 6.08 Å². The molecule has 1 spiro atoms. The Hall–Kier alpha value is -4.82. The van der Waals surface area contributed by atoms with Gasteiger partial charge in [0, 0.05) is 22.0 Å². The zero-order chi connectivity index (χ0) is 27.0. The van der Waals surface area contributed by atoms with Gasteiger partial charge in [-0.3, -0.25) is 0 Å². The highest BCUT2D eigenvalue weighted by atomic mass is 15.0. The van der Waals surface area contributed by atoms with Crippen molar-refractivity contribution in [2.75, 3.05) is 0 Å². The Bertz CT molecular complexity index is 2090. The Labute approximate surface area is 235 Å². The van der Waals surface area contributed by atoms with Crippen molar-refractivity contribution >= 4 is 40.7 Å². The number of benzene rings is 5. The summed E-state index contributed by atoms with van der Waals surface area (Å²) in [6, 6.07) is 40.4. The summed E-state index contributed by atoms with van der Waals surface area (Å²) >= 11 is 0. The van der Waals surface area contributed by atoms with E-state index in [1.54, 1.807) is 0 Å². The van der Waals surface area contributed by atoms with Gasteiger partial charge in [-0.2, -0.15) is 0 Å². The number of rotatable bonds is 3. The lowest BCUT2D eigenvalue weighted by molar-refractivity contribution is 0.786. The van der Waals surface area contributed by atoms with E-state index in [-0.39, 0.29) is 0 Å². The van der Waals surface area contributed by atoms with Crippen molar-refractivity contribution in [3.63, 3.8) is 0 Å². The van der Waals surface area contributed by atoms with Gasteiger partial charge in [0.2, 0.25) is 0 Å². The predicted molar refractivity (Wildman–Crippen MR) is 173 cm³/mol. The Balaban J connectivity index is 1.63. The average Bonchev–Trinajstić information content (AvgIpc) is 3.58. The second-order valence-corrected chi connectivity index (χ2v) is 10.9. The second kappa shape index (κ2) is 8.34. The molecule has 1 aromatic heterocycles. The van der Waals surface area contributed by atoms with Gasteiger partial charge >= 0.3 is 0 Å². The van der Waals surface area contributed by atoms with Crippen LogP contribution in [-0.4, -0.2) is 12.4 Å². The molecule has 0 saturated carbocycles. The number of hydrogen-bond donors (Lipinski definition) is 0. The van der Waals surface area contributed by atoms with E-state index < -0.39 is 5.41 Å². The molecule has 0 amide bonds. The van der Waals surface area contributed by atoms with E-state index >= 15 is 0 Å². The summed E-state index contributed by atoms with van der Waals surface area (Å²) in [6.07, 6.45) is 6.53. The average molecular weight is 509 g/mol. The molecule has 1 unspecified atom stereocenters. The monoisotopic (exact) mass is 509 g/mol. The SMILES string of the molecule is Bc1ccc2c(c1)c1ccc3c(c1n2-c1ccccc1)-c1ccccc1C31C(/C=C\C)=C(C=C)c2ccccc21. The fourth-order valence-corrected chi connectivity index (χ4v) is 7.54. The van der Waals surface area contributed by atoms with Crippen molar-refractivity contribution in [3.05, 3.63) is 162 Å². The first-order chi connectivity index (χ1) is 19.7. The summed E-state index contributed by atoms with van der Waals surface area (Å²) in [5, 5.41) is 2.59. The first kappa shape index (κ1) is 23.1. The van der Waals surface area contributed by atoms with Crippen LogP contribution in [0.3, 0.4) is 0 Å². The van der Waals surface area contributed by atoms with Gasteiger partial charge < -0.3 is 4.57 Å². The largest absolute Gasteiger partial charge is 0.309 e. The minimum Gasteiger partial charge on any atom is -0.309 e. The second-order valence-electron chi connectivity index (χ2n) is 10.9. The lowest BCUT2D eigenvalue weighted by Gasteiger charge is -2.31. The molecule has 40 heavy (non-hydrogen) atoms. The van der Waals surface area contributed by atoms with Gasteiger partial charge in [0.25, 0.3) is 0 Å². The number of fused-ring (bicyclic) bond motifs is 11. The third kappa shape index (κ3) is 2.73. The lowest BCUT2D eigenvalue weighted by Crippen LogP contribution is -2.26. The maximum atomic E-state index is 4.29. The maximum Gasteiger partial charge on any atom is 0.139 e. The minimum atomic E-state index is -0.402. The van der Waals surface area contributed by atoms with E-state index in [1.165, 1.54) is 77.5 Å². The summed E-state index contributed by atoms with van der Waals surface area (Å²) in [4.78, 5) is 0. The third-order valence-corrected chi connectivity index (χ3v) is 8.96. The molecule has 8 rings (SSSR count). The Kier molecular flexibility index (Phi) is 4.82. The number of para-hydroxylation sites is 1. The maximum absolute atomic E-state index is 4.29. The molecular formula is C38H28BN. The molecule has 1 atom stereocenters. The van der Waals surface area contributed by atoms with E-state index in [4.69, 9.17) is 0 Å². The highest BCUT2D eigenvalue weighted by Crippen LogP contribution is 2.63. The molecule has 0 aliphatic heterocycles. The summed E-state index contributed by atoms with van der Waals surface area (Å²) in [6.45, 7) is 6.40. The van der Waals surface area contributed by atoms with Crippen LogP contribution < -0.4 is 5.46 Å². The molecule has 1 heterocycles. The highest BCUT2D eigenvalue weighted by Gasteiger charge is 2.52. The Morgan fingerprint density at radius 3 is 2.17 bits per heavy atom. The third-order valence-electron chi connectivity index (χ3n) is 8.96. The van der Waals surface area contributed by atoms with Gasteiger partial charge in [-0.15, -0.1) is 0 Å². The summed E-state index contributed by atoms with van der Waals surface area (Å²) in [5.41, 5.74) is 15.0. The molecular weight excluding hydrogens is 481 g/mol. The van der Waals surface area contributed by atoms with Crippen LogP contribution in [0.4, 0.5) is 0 Å². The molecule has 0 saturated heterocycles. The fraction of sp³-hybridized carbons (Fsp3) is 0.0526. The van der Waals surface area contributed by atoms with Crippen LogP contribution in [-0.2, 0) is 5.41 Å². The van der Waals surface area contributed by atoms with Crippen molar-refractivity contribution in [2.45, 2.75) is 12.3 Å². The van der Waals surface area contributed by atoms with Crippen LogP contribution in [0.25, 0.3) is 44.2 Å². The van der Waals surface area contributed by atoms with Crippen LogP contribution in [0.15, 0.2) is 140 Å². The molecule has 5 aromatic carbocycles. The van der Waals surface area contributed by atoms with Crippen LogP contribution in [0, 0.1) is 0 Å². The predicted octanol–water partition coefficient (Wildman–Crippen LogP) is 7.89. The normalized spacial score (nSPS) is 17.2. The quantitative estimate of drug-likeness (QED) is 0.214. The minimum absolute atomic E-state index is 0.402. The van der Waals surface area contributed by atoms with Gasteiger partial charge in [-0.25, -0.2) is 0 Å². The van der Waals surface area contributed by atoms with Gasteiger partial charge in [-0.1, -0.05) is 121 Å². The van der Waals surface area contributed by atoms with Crippen LogP contribution in [0.2, 0.25) is 0 Å². The summed E-state index contributed by atoms with van der Waals surface area (Å²) in [7, 11) is 2.18. The number of allylic oxidation sites excluding steroid dienone is 5. The smallest absolute Gasteiger partial charge is 0.139 e. The molecule has 0 radical (unpaired) electrons. The molecule has 1 nitrogen and oxygen atoms in total. The van der Waals surface area contributed by atoms with E-state index in [0.717, 1.165) is 0 Å². The first-order valence-corrected chi connectivity index (χ1v) is 14.0. The first-order valence-electron chi connectivity index (χ1n) is 14.0. The van der Waals surface area contributed by atoms with Gasteiger partial charge in [-0.05, 0) is 64.1 Å². The van der Waals surface area contributed by atoms with E-state index in [9.17, 15) is 0 Å². The molecule has 0 fully saturated rings. The van der Waals surface area contributed by atoms with Gasteiger partial charge in [0.15, 0.2) is 0 Å². The topological polar surface area (TPSA) is 4.93 Å². The zero-order valence-electron chi connectivity index (χ0n) is 22.8. The van der Waals surface area contributed by atoms with Crippen molar-refractivity contribution in [3.8, 4) is 16.8 Å². The molecule has 2 aliphatic rings. The lowest BCUT2D eigenvalue weighted by atomic mass is 9.69. The van der Waals surface area contributed by atoms with Gasteiger partial charge in [0.1, 0.15) is 7.85 Å². The number of hydrogen-bond acceptors (Lipinski definition) is 0. The number of aromatic nitrogens is 1. The van der Waals surface area contributed by atoms with Crippen molar-refractivity contribution in [1.82, 2.24) is 4.57 Å². The van der Waals surface area contributed by atoms with E-state index in [2.05, 4.69) is 147 Å². The molecule has 2 aliphatic carbocycles. The van der Waals surface area contributed by atoms with Crippen molar-refractivity contribution in [2.24, 2.45) is 0 Å². The molecule has 0 N–H and O–H groups in total. The summed E-state index contributed by atoms with van der Waals surface area (Å²) in [5.74, 6) is 0. The Morgan fingerprint density at radius 2 is 1.43 bits per heavy atom. The van der Waals surface area contributed by atoms with Crippen LogP contribution in [0.5, 0.6) is 0 Å². The van der Waals surface area contributed by atoms with Crippen molar-refractivity contribution in [1.29, 1.82) is 0 Å². The molecule has 0 bridgehead atoms. The van der Waals surface area contributed by atoms with Crippen LogP contribution in [0.1, 0.15) is 29.2 Å². The van der Waals surface area contributed by atoms with Crippen LogP contribution >= 0.6 is 0 Å². The highest BCUT2D eigenvalue weighted by molar-refractivity contribution is 6.34. The fourth-order valence-electron chi connectivity index (χ4n) is 7.54. The van der Waals surface area contributed by atoms with E-state index in [0.29, 0.717) is 0 Å². The standard InChI is InChI=1S/C38H28BN/c1-3-12-31-26(4-2)27-15-8-10-17-32(27)38(31)33-18-11-9-16-29(33)36-34(38)21-20-28-30-23-24(39)19-22-35(30)40(37(28)36)25-13-6-5-7-14-25/h3-23H,2,39H2,1H3/b12-3-. The summed E-state index contributed by atoms with van der Waals surface area (Å²) < 4.78 is 2.48. The molecule has 188 valence electrons. The zero-order valence-corrected chi connectivity index (χ0v) is 22.8. The number of nitrogens with zero attached hydrogens (tertiary/aromatic N) is 1. The van der Waals surface area contributed by atoms with Crippen molar-refractivity contribution < 1.29 is 0 Å². The Morgan fingerprint density at radius 1 is 0.725 bits per heavy atom.